The van der Waals surface area contributed by atoms with Gasteiger partial charge in [-0.2, -0.15) is 0 Å². The molecular weight excluding hydrogens is 1280 g/mol. The van der Waals surface area contributed by atoms with Gasteiger partial charge in [0, 0.05) is 96.6 Å². The molecule has 3 aromatic rings. The van der Waals surface area contributed by atoms with Crippen LogP contribution in [0.1, 0.15) is 176 Å². The summed E-state index contributed by atoms with van der Waals surface area (Å²) in [6.45, 7) is 23.7. The highest BCUT2D eigenvalue weighted by Crippen LogP contribution is 2.34. The van der Waals surface area contributed by atoms with Crippen LogP contribution in [0.5, 0.6) is 5.75 Å². The maximum atomic E-state index is 14.0. The first kappa shape index (κ1) is 84.3. The largest absolute Gasteiger partial charge is 0.493 e. The number of anilines is 1. The molecule has 6 N–H and O–H groups in total. The Balaban J connectivity index is 0.000000430. The van der Waals surface area contributed by atoms with Crippen molar-refractivity contribution in [2.75, 3.05) is 53.3 Å². The number of likely N-dealkylation sites (N-methyl/N-ethyl adjacent to an activating group) is 1. The third kappa shape index (κ3) is 25.5. The van der Waals surface area contributed by atoms with E-state index >= 15 is 0 Å². The molecule has 1 fully saturated rings. The highest BCUT2D eigenvalue weighted by atomic mass is 16.6. The maximum absolute atomic E-state index is 14.0. The van der Waals surface area contributed by atoms with Crippen LogP contribution < -0.4 is 26.4 Å². The number of urea groups is 1. The number of azo groups is 1. The van der Waals surface area contributed by atoms with Gasteiger partial charge in [0.15, 0.2) is 0 Å². The molecule has 100 heavy (non-hydrogen) atoms. The van der Waals surface area contributed by atoms with Gasteiger partial charge in [0.2, 0.25) is 23.6 Å². The number of methoxy groups -OCH3 is 2. The Hall–Kier alpha value is -8.13. The zero-order valence-corrected chi connectivity index (χ0v) is 61.5. The summed E-state index contributed by atoms with van der Waals surface area (Å²) in [5.74, 6) is -5.17. The van der Waals surface area contributed by atoms with Crippen molar-refractivity contribution >= 4 is 70.6 Å². The number of imide groups is 1. The molecule has 2 unspecified atom stereocenters. The van der Waals surface area contributed by atoms with E-state index in [1.54, 1.807) is 100 Å². The minimum absolute atomic E-state index is 0.00867. The van der Waals surface area contributed by atoms with Gasteiger partial charge in [0.1, 0.15) is 35.6 Å². The molecule has 0 aliphatic carbocycles. The smallest absolute Gasteiger partial charge is 0.410 e. The van der Waals surface area contributed by atoms with Crippen molar-refractivity contribution in [1.29, 1.82) is 0 Å². The SMILES string of the molecule is CC(C)[C@H](CC(=O)CCOc1ccc(C2C(=O)N=NC2=O)cc1)C(=O)NC(=O)NCCCC(N)C(=O)Nc1ccc(COC(=O)N(C)[C@H](C)C(C)C)cc1.CC[C@H](C)[C@@H](C(CC(=O)N1CCC[C@H]1[C@H](OC)[C@@H](C)C(=O)C[C@H](C)[C@@H](O)c1ccccc1)OC)N(C)C(=O)[C@@H](CC(C)=O)C(C)C. The first-order valence-corrected chi connectivity index (χ1v) is 35.0. The fourth-order valence-electron chi connectivity index (χ4n) is 12.4. The quantitative estimate of drug-likeness (QED) is 0.0263. The Labute approximate surface area is 590 Å². The second kappa shape index (κ2) is 41.6. The molecule has 2 aliphatic rings. The number of nitrogens with one attached hydrogen (secondary N) is 3. The monoisotopic (exact) mass is 1390 g/mol. The third-order valence-electron chi connectivity index (χ3n) is 19.4. The lowest BCUT2D eigenvalue weighted by Gasteiger charge is -2.40. The topological polar surface area (TPSA) is 341 Å². The van der Waals surface area contributed by atoms with Crippen LogP contribution in [0.25, 0.3) is 0 Å². The lowest BCUT2D eigenvalue weighted by atomic mass is 9.85. The van der Waals surface area contributed by atoms with Gasteiger partial charge in [0.05, 0.1) is 49.5 Å². The molecule has 1 saturated heterocycles. The summed E-state index contributed by atoms with van der Waals surface area (Å²) in [5, 5.41) is 25.0. The van der Waals surface area contributed by atoms with E-state index in [1.165, 1.54) is 6.92 Å². The normalized spacial score (nSPS) is 17.1. The maximum Gasteiger partial charge on any atom is 0.410 e. The van der Waals surface area contributed by atoms with Crippen LogP contribution in [-0.4, -0.2) is 169 Å². The number of hydrogen-bond donors (Lipinski definition) is 5. The molecule has 0 aromatic heterocycles. The Bertz CT molecular complexity index is 3200. The molecule has 2 aliphatic heterocycles. The average Bonchev–Trinajstić information content (AvgIpc) is 1.54. The van der Waals surface area contributed by atoms with Gasteiger partial charge >= 0.3 is 12.1 Å². The number of ketones is 3. The number of rotatable bonds is 38. The number of nitrogens with two attached hydrogens (primary N) is 1. The predicted octanol–water partition coefficient (Wildman–Crippen LogP) is 9.96. The van der Waals surface area contributed by atoms with Crippen molar-refractivity contribution in [3.63, 3.8) is 0 Å². The molecule has 0 saturated carbocycles. The first-order valence-electron chi connectivity index (χ1n) is 35.0. The summed E-state index contributed by atoms with van der Waals surface area (Å²) in [5.41, 5.74) is 8.55. The van der Waals surface area contributed by atoms with E-state index in [9.17, 15) is 57.8 Å². The highest BCUT2D eigenvalue weighted by Gasteiger charge is 2.43. The van der Waals surface area contributed by atoms with E-state index in [-0.39, 0.29) is 135 Å². The van der Waals surface area contributed by atoms with Crippen molar-refractivity contribution in [3.05, 3.63) is 95.6 Å². The molecule has 0 spiro atoms. The van der Waals surface area contributed by atoms with E-state index in [2.05, 4.69) is 40.0 Å². The second-order valence-corrected chi connectivity index (χ2v) is 27.7. The average molecular weight is 1390 g/mol. The Morgan fingerprint density at radius 2 is 1.35 bits per heavy atom. The molecule has 552 valence electrons. The van der Waals surface area contributed by atoms with E-state index in [1.807, 2.05) is 83.7 Å². The summed E-state index contributed by atoms with van der Waals surface area (Å²) in [6.07, 6.45) is 1.10. The van der Waals surface area contributed by atoms with Crippen molar-refractivity contribution in [1.82, 2.24) is 25.3 Å². The number of hydrogen-bond acceptors (Lipinski definition) is 17. The number of benzene rings is 3. The molecule has 12 atom stereocenters. The summed E-state index contributed by atoms with van der Waals surface area (Å²) in [7, 11) is 6.62. The zero-order chi connectivity index (χ0) is 74.7. The Morgan fingerprint density at radius 1 is 0.730 bits per heavy atom. The Morgan fingerprint density at radius 3 is 1.91 bits per heavy atom. The van der Waals surface area contributed by atoms with Crippen LogP contribution in [0, 0.1) is 47.3 Å². The van der Waals surface area contributed by atoms with E-state index in [4.69, 9.17) is 24.7 Å². The van der Waals surface area contributed by atoms with Crippen LogP contribution in [0.15, 0.2) is 89.1 Å². The molecule has 0 radical (unpaired) electrons. The number of aliphatic hydroxyl groups is 1. The van der Waals surface area contributed by atoms with E-state index in [0.717, 1.165) is 30.4 Å². The van der Waals surface area contributed by atoms with Crippen molar-refractivity contribution < 1.29 is 76.8 Å². The summed E-state index contributed by atoms with van der Waals surface area (Å²) >= 11 is 0. The lowest BCUT2D eigenvalue weighted by molar-refractivity contribution is -0.148. The highest BCUT2D eigenvalue weighted by molar-refractivity contribution is 6.10. The second-order valence-electron chi connectivity index (χ2n) is 27.7. The van der Waals surface area contributed by atoms with Gasteiger partial charge in [-0.3, -0.25) is 43.7 Å². The Kier molecular flexibility index (Phi) is 35.0. The van der Waals surface area contributed by atoms with Gasteiger partial charge in [-0.25, -0.2) is 9.59 Å². The standard InChI is InChI=1S/C38H51N7O9.C37H60N2O7/c1-22(2)24(5)45(6)38(52)54-21-25-9-13-27(14-10-25)41-34(48)31(39)8-7-18-40-37(51)42-33(47)30(23(3)4)20-28(46)17-19-53-29-15-11-26(12-16-29)32-35(49)43-44-36(32)50;1-11-24(4)34(38(8)37(44)29(23(2)3)21-26(6)40)32(45-9)22-33(42)39-19-15-18-30(39)36(46-10)27(7)31(41)20-25(5)35(43)28-16-13-12-14-17-28/h9-16,22-24,30-32H,7-8,17-21,39H2,1-6H3,(H,41,48)(H2,40,42,47,51);12-14,16-17,23-25,27,29-30,32,34-36,43H,11,15,18-22H2,1-10H3/t24-,30+,31?;24-,25-,27-,29-,30-,32?,34-,35+,36+/m10/s1. The molecule has 3 aromatic carbocycles. The molecule has 25 heteroatoms. The zero-order valence-electron chi connectivity index (χ0n) is 61.5. The van der Waals surface area contributed by atoms with Crippen LogP contribution in [-0.2, 0) is 64.0 Å². The van der Waals surface area contributed by atoms with Gasteiger partial charge in [-0.1, -0.05) is 130 Å². The van der Waals surface area contributed by atoms with Crippen molar-refractivity contribution in [2.45, 2.75) is 202 Å². The van der Waals surface area contributed by atoms with Crippen LogP contribution >= 0.6 is 0 Å². The minimum Gasteiger partial charge on any atom is -0.493 e. The fourth-order valence-corrected chi connectivity index (χ4v) is 12.4. The number of amides is 9. The number of Topliss-reactive ketones (excluding diaryl/α,β-unsaturated/α-hetero) is 3. The number of aliphatic hydroxyl groups excluding tert-OH is 1. The predicted molar refractivity (Wildman–Crippen MR) is 378 cm³/mol. The minimum atomic E-state index is -1.05. The van der Waals surface area contributed by atoms with E-state index in [0.29, 0.717) is 30.0 Å². The first-order chi connectivity index (χ1) is 47.3. The van der Waals surface area contributed by atoms with Gasteiger partial charge < -0.3 is 59.9 Å². The molecule has 2 heterocycles. The summed E-state index contributed by atoms with van der Waals surface area (Å²) in [4.78, 5) is 145. The van der Waals surface area contributed by atoms with Crippen LogP contribution in [0.4, 0.5) is 15.3 Å². The van der Waals surface area contributed by atoms with Gasteiger partial charge in [-0.05, 0) is 110 Å². The van der Waals surface area contributed by atoms with E-state index < -0.39 is 83.8 Å². The number of carbonyl (C=O) groups excluding carboxylic acids is 11. The number of nitrogens with zero attached hydrogens (tertiary/aromatic N) is 5. The van der Waals surface area contributed by atoms with Gasteiger partial charge in [-0.15, -0.1) is 10.2 Å². The van der Waals surface area contributed by atoms with Crippen molar-refractivity contribution in [2.24, 2.45) is 63.3 Å². The molecule has 0 bridgehead atoms. The number of carbonyl (C=O) groups is 11. The van der Waals surface area contributed by atoms with Gasteiger partial charge in [0.25, 0.3) is 11.8 Å². The van der Waals surface area contributed by atoms with Crippen LogP contribution in [0.2, 0.25) is 0 Å². The summed E-state index contributed by atoms with van der Waals surface area (Å²) in [6, 6.07) is 20.3. The van der Waals surface area contributed by atoms with Crippen LogP contribution in [0.3, 0.4) is 0 Å². The molecule has 25 nitrogen and oxygen atoms in total. The number of likely N-dealkylation sites (tertiary alicyclic amines) is 1. The molecular formula is C75H111N9O16. The number of ether oxygens (including phenoxy) is 4. The fraction of sp³-hybridized carbons (Fsp3) is 0.613. The lowest BCUT2D eigenvalue weighted by Crippen LogP contribution is -2.54. The van der Waals surface area contributed by atoms with Crippen molar-refractivity contribution in [3.8, 4) is 5.75 Å². The summed E-state index contributed by atoms with van der Waals surface area (Å²) < 4.78 is 22.9. The third-order valence-corrected chi connectivity index (χ3v) is 19.4. The molecule has 5 rings (SSSR count). The molecule has 9 amide bonds.